The van der Waals surface area contributed by atoms with E-state index in [-0.39, 0.29) is 5.91 Å². The Labute approximate surface area is 157 Å². The van der Waals surface area contributed by atoms with Gasteiger partial charge in [-0.05, 0) is 30.3 Å². The summed E-state index contributed by atoms with van der Waals surface area (Å²) in [5.41, 5.74) is 1.62. The largest absolute Gasteiger partial charge is 0.324 e. The second kappa shape index (κ2) is 8.63. The fourth-order valence-electron chi connectivity index (χ4n) is 2.81. The number of carbonyl (C=O) groups excluding carboxylic acids is 1. The average molecular weight is 379 g/mol. The van der Waals surface area contributed by atoms with Crippen LogP contribution >= 0.6 is 23.2 Å². The van der Waals surface area contributed by atoms with Crippen molar-refractivity contribution in [1.82, 2.24) is 14.8 Å². The van der Waals surface area contributed by atoms with Crippen molar-refractivity contribution in [3.8, 4) is 0 Å². The first-order valence-corrected chi connectivity index (χ1v) is 8.95. The van der Waals surface area contributed by atoms with E-state index in [1.807, 2.05) is 24.4 Å². The molecule has 0 saturated carbocycles. The first-order chi connectivity index (χ1) is 12.1. The van der Waals surface area contributed by atoms with Gasteiger partial charge in [0.25, 0.3) is 0 Å². The Balaban J connectivity index is 1.45. The lowest BCUT2D eigenvalue weighted by molar-refractivity contribution is -0.117. The normalized spacial score (nSPS) is 15.9. The van der Waals surface area contributed by atoms with E-state index in [1.165, 1.54) is 0 Å². The van der Waals surface area contributed by atoms with Crippen LogP contribution in [0, 0.1) is 0 Å². The predicted molar refractivity (Wildman–Crippen MR) is 101 cm³/mol. The van der Waals surface area contributed by atoms with Crippen LogP contribution in [-0.4, -0.2) is 53.4 Å². The third kappa shape index (κ3) is 5.41. The molecular weight excluding hydrogens is 359 g/mol. The van der Waals surface area contributed by atoms with Gasteiger partial charge in [-0.25, -0.2) is 0 Å². The van der Waals surface area contributed by atoms with E-state index >= 15 is 0 Å². The zero-order chi connectivity index (χ0) is 17.6. The van der Waals surface area contributed by atoms with Gasteiger partial charge in [0.05, 0.1) is 22.9 Å². The predicted octanol–water partition coefficient (Wildman–Crippen LogP) is 3.14. The quantitative estimate of drug-likeness (QED) is 0.867. The molecule has 1 amide bonds. The summed E-state index contributed by atoms with van der Waals surface area (Å²) >= 11 is 12.0. The maximum absolute atomic E-state index is 12.2. The number of nitrogens with zero attached hydrogens (tertiary/aromatic N) is 3. The number of nitrogens with one attached hydrogen (secondary N) is 1. The maximum atomic E-state index is 12.2. The molecule has 132 valence electrons. The molecule has 5 nitrogen and oxygen atoms in total. The van der Waals surface area contributed by atoms with Crippen LogP contribution in [0.5, 0.6) is 0 Å². The minimum absolute atomic E-state index is 0.0812. The molecular formula is C18H20Cl2N4O. The number of hydrogen-bond donors (Lipinski definition) is 1. The van der Waals surface area contributed by atoms with E-state index in [2.05, 4.69) is 20.1 Å². The van der Waals surface area contributed by atoms with Crippen molar-refractivity contribution in [3.05, 3.63) is 58.3 Å². The van der Waals surface area contributed by atoms with Gasteiger partial charge in [-0.3, -0.25) is 19.6 Å². The van der Waals surface area contributed by atoms with Crippen LogP contribution in [0.2, 0.25) is 10.0 Å². The van der Waals surface area contributed by atoms with E-state index in [1.54, 1.807) is 18.2 Å². The average Bonchev–Trinajstić information content (AvgIpc) is 2.61. The Morgan fingerprint density at radius 1 is 1.08 bits per heavy atom. The van der Waals surface area contributed by atoms with Crippen LogP contribution in [0.4, 0.5) is 5.69 Å². The topological polar surface area (TPSA) is 48.5 Å². The van der Waals surface area contributed by atoms with Crippen LogP contribution in [0.15, 0.2) is 42.6 Å². The number of aromatic nitrogens is 1. The number of carbonyl (C=O) groups is 1. The molecule has 1 fully saturated rings. The summed E-state index contributed by atoms with van der Waals surface area (Å²) in [6.45, 7) is 4.73. The number of hydrogen-bond acceptors (Lipinski definition) is 4. The van der Waals surface area contributed by atoms with Gasteiger partial charge in [0.1, 0.15) is 0 Å². The molecule has 25 heavy (non-hydrogen) atoms. The molecule has 2 aromatic rings. The van der Waals surface area contributed by atoms with Crippen molar-refractivity contribution in [2.75, 3.05) is 38.0 Å². The lowest BCUT2D eigenvalue weighted by atomic mass is 10.2. The Morgan fingerprint density at radius 2 is 1.84 bits per heavy atom. The van der Waals surface area contributed by atoms with E-state index < -0.39 is 0 Å². The summed E-state index contributed by atoms with van der Waals surface area (Å²) in [6, 6.07) is 11.0. The molecule has 0 radical (unpaired) electrons. The second-order valence-corrected chi connectivity index (χ2v) is 6.89. The Kier molecular flexibility index (Phi) is 6.26. The van der Waals surface area contributed by atoms with Crippen molar-refractivity contribution in [2.24, 2.45) is 0 Å². The summed E-state index contributed by atoms with van der Waals surface area (Å²) < 4.78 is 0. The van der Waals surface area contributed by atoms with E-state index in [0.29, 0.717) is 22.3 Å². The third-order valence-corrected chi connectivity index (χ3v) is 4.71. The zero-order valence-corrected chi connectivity index (χ0v) is 15.3. The Morgan fingerprint density at radius 3 is 2.56 bits per heavy atom. The summed E-state index contributed by atoms with van der Waals surface area (Å²) in [4.78, 5) is 21.1. The van der Waals surface area contributed by atoms with Gasteiger partial charge in [0.2, 0.25) is 5.91 Å². The molecule has 0 unspecified atom stereocenters. The zero-order valence-electron chi connectivity index (χ0n) is 13.8. The molecule has 1 saturated heterocycles. The number of anilines is 1. The van der Waals surface area contributed by atoms with E-state index in [4.69, 9.17) is 23.2 Å². The van der Waals surface area contributed by atoms with Gasteiger partial charge < -0.3 is 5.32 Å². The van der Waals surface area contributed by atoms with Gasteiger partial charge in [-0.15, -0.1) is 0 Å². The number of halogens is 2. The molecule has 0 aliphatic carbocycles. The van der Waals surface area contributed by atoms with Gasteiger partial charge in [0.15, 0.2) is 0 Å². The standard InChI is InChI=1S/C18H20Cl2N4O/c19-14-4-5-16(20)17(11-14)22-18(25)13-24-9-7-23(8-10-24)12-15-3-1-2-6-21-15/h1-6,11H,7-10,12-13H2,(H,22,25). The Bertz CT molecular complexity index is 718. The summed E-state index contributed by atoms with van der Waals surface area (Å²) in [5.74, 6) is -0.0812. The first kappa shape index (κ1) is 18.1. The fourth-order valence-corrected chi connectivity index (χ4v) is 3.15. The summed E-state index contributed by atoms with van der Waals surface area (Å²) in [7, 11) is 0. The highest BCUT2D eigenvalue weighted by atomic mass is 35.5. The highest BCUT2D eigenvalue weighted by Gasteiger charge is 2.19. The molecule has 7 heteroatoms. The van der Waals surface area contributed by atoms with Crippen LogP contribution in [-0.2, 0) is 11.3 Å². The van der Waals surface area contributed by atoms with Gasteiger partial charge in [0, 0.05) is 43.9 Å². The maximum Gasteiger partial charge on any atom is 0.238 e. The smallest absolute Gasteiger partial charge is 0.238 e. The highest BCUT2D eigenvalue weighted by Crippen LogP contribution is 2.25. The molecule has 1 N–H and O–H groups in total. The Hall–Kier alpha value is -1.66. The monoisotopic (exact) mass is 378 g/mol. The lowest BCUT2D eigenvalue weighted by Crippen LogP contribution is -2.48. The van der Waals surface area contributed by atoms with Crippen LogP contribution in [0.25, 0.3) is 0 Å². The number of rotatable bonds is 5. The second-order valence-electron chi connectivity index (χ2n) is 6.05. The van der Waals surface area contributed by atoms with Crippen LogP contribution in [0.1, 0.15) is 5.69 Å². The molecule has 2 heterocycles. The molecule has 0 atom stereocenters. The van der Waals surface area contributed by atoms with Crippen molar-refractivity contribution in [2.45, 2.75) is 6.54 Å². The number of piperazine rings is 1. The first-order valence-electron chi connectivity index (χ1n) is 8.20. The van der Waals surface area contributed by atoms with Gasteiger partial charge in [-0.2, -0.15) is 0 Å². The number of benzene rings is 1. The summed E-state index contributed by atoms with van der Waals surface area (Å²) in [5, 5.41) is 3.86. The van der Waals surface area contributed by atoms with E-state index in [0.717, 1.165) is 38.4 Å². The minimum atomic E-state index is -0.0812. The molecule has 0 spiro atoms. The highest BCUT2D eigenvalue weighted by molar-refractivity contribution is 6.35. The third-order valence-electron chi connectivity index (χ3n) is 4.15. The molecule has 1 aromatic heterocycles. The molecule has 3 rings (SSSR count). The molecule has 1 aromatic carbocycles. The summed E-state index contributed by atoms with van der Waals surface area (Å²) in [6.07, 6.45) is 1.82. The van der Waals surface area contributed by atoms with E-state index in [9.17, 15) is 4.79 Å². The van der Waals surface area contributed by atoms with Gasteiger partial charge >= 0.3 is 0 Å². The number of amides is 1. The van der Waals surface area contributed by atoms with Crippen LogP contribution in [0.3, 0.4) is 0 Å². The van der Waals surface area contributed by atoms with Crippen molar-refractivity contribution in [3.63, 3.8) is 0 Å². The SMILES string of the molecule is O=C(CN1CCN(Cc2ccccn2)CC1)Nc1cc(Cl)ccc1Cl. The van der Waals surface area contributed by atoms with Crippen molar-refractivity contribution >= 4 is 34.8 Å². The molecule has 1 aliphatic rings. The lowest BCUT2D eigenvalue weighted by Gasteiger charge is -2.34. The van der Waals surface area contributed by atoms with Crippen molar-refractivity contribution < 1.29 is 4.79 Å². The molecule has 1 aliphatic heterocycles. The number of pyridine rings is 1. The van der Waals surface area contributed by atoms with Crippen molar-refractivity contribution in [1.29, 1.82) is 0 Å². The minimum Gasteiger partial charge on any atom is -0.324 e. The van der Waals surface area contributed by atoms with Crippen LogP contribution < -0.4 is 5.32 Å². The fraction of sp³-hybridized carbons (Fsp3) is 0.333. The molecule has 0 bridgehead atoms. The van der Waals surface area contributed by atoms with Gasteiger partial charge in [-0.1, -0.05) is 29.3 Å².